The van der Waals surface area contributed by atoms with Crippen LogP contribution in [0.1, 0.15) is 12.1 Å². The number of rotatable bonds is 4. The molecule has 0 aromatic carbocycles. The molecule has 0 saturated carbocycles. The van der Waals surface area contributed by atoms with Gasteiger partial charge >= 0.3 is 0 Å². The Labute approximate surface area is 83.5 Å². The van der Waals surface area contributed by atoms with Crippen LogP contribution in [-0.4, -0.2) is 34.5 Å². The van der Waals surface area contributed by atoms with Crippen LogP contribution in [0.3, 0.4) is 0 Å². The number of carbonyl (C=O) groups excluding carboxylic acids is 1. The van der Waals surface area contributed by atoms with Crippen molar-refractivity contribution in [3.63, 3.8) is 0 Å². The molecule has 5 nitrogen and oxygen atoms in total. The number of aromatic nitrogens is 2. The average Bonchev–Trinajstić information content (AvgIpc) is 2.61. The summed E-state index contributed by atoms with van der Waals surface area (Å²) >= 11 is 0. The van der Waals surface area contributed by atoms with E-state index in [1.165, 1.54) is 0 Å². The highest BCUT2D eigenvalue weighted by molar-refractivity contribution is 5.75. The second-order valence-electron chi connectivity index (χ2n) is 3.35. The molecule has 1 aromatic rings. The monoisotopic (exact) mass is 196 g/mol. The molecule has 5 heteroatoms. The number of carbonyl (C=O) groups is 1. The van der Waals surface area contributed by atoms with E-state index in [4.69, 9.17) is 5.73 Å². The first-order valence-electron chi connectivity index (χ1n) is 4.54. The third kappa shape index (κ3) is 2.85. The molecule has 0 aliphatic carbocycles. The number of hydrogen-bond acceptors (Lipinski definition) is 3. The summed E-state index contributed by atoms with van der Waals surface area (Å²) in [5, 5.41) is 0. The number of nitrogens with two attached hydrogens (primary N) is 1. The molecule has 2 N–H and O–H groups in total. The van der Waals surface area contributed by atoms with Crippen LogP contribution in [0.25, 0.3) is 0 Å². The molecule has 0 fully saturated rings. The molecule has 0 aliphatic heterocycles. The van der Waals surface area contributed by atoms with E-state index in [9.17, 15) is 4.79 Å². The second-order valence-corrected chi connectivity index (χ2v) is 3.35. The summed E-state index contributed by atoms with van der Waals surface area (Å²) in [6.07, 6.45) is 4.06. The molecule has 0 bridgehead atoms. The van der Waals surface area contributed by atoms with Crippen LogP contribution >= 0.6 is 0 Å². The van der Waals surface area contributed by atoms with Crippen molar-refractivity contribution in [2.24, 2.45) is 5.73 Å². The summed E-state index contributed by atoms with van der Waals surface area (Å²) in [4.78, 5) is 16.9. The van der Waals surface area contributed by atoms with Gasteiger partial charge in [0.1, 0.15) is 0 Å². The van der Waals surface area contributed by atoms with Crippen molar-refractivity contribution in [2.75, 3.05) is 14.1 Å². The van der Waals surface area contributed by atoms with Crippen molar-refractivity contribution in [2.45, 2.75) is 19.5 Å². The molecule has 78 valence electrons. The lowest BCUT2D eigenvalue weighted by molar-refractivity contribution is -0.128. The highest BCUT2D eigenvalue weighted by Crippen LogP contribution is 1.97. The molecule has 1 rings (SSSR count). The Morgan fingerprint density at radius 1 is 1.64 bits per heavy atom. The normalized spacial score (nSPS) is 10.2. The molecule has 1 heterocycles. The minimum atomic E-state index is 0.119. The first-order valence-corrected chi connectivity index (χ1v) is 4.54. The van der Waals surface area contributed by atoms with Gasteiger partial charge in [-0.05, 0) is 0 Å². The first kappa shape index (κ1) is 10.7. The summed E-state index contributed by atoms with van der Waals surface area (Å²) in [5.74, 6) is 0.119. The van der Waals surface area contributed by atoms with Gasteiger partial charge in [0.25, 0.3) is 0 Å². The predicted octanol–water partition coefficient (Wildman–Crippen LogP) is -0.180. The predicted molar refractivity (Wildman–Crippen MR) is 53.4 cm³/mol. The molecule has 0 aliphatic rings. The fourth-order valence-corrected chi connectivity index (χ4v) is 1.08. The maximum atomic E-state index is 11.3. The minimum absolute atomic E-state index is 0.119. The largest absolute Gasteiger partial charge is 0.349 e. The fourth-order valence-electron chi connectivity index (χ4n) is 1.08. The van der Waals surface area contributed by atoms with Crippen LogP contribution in [0.2, 0.25) is 0 Å². The Morgan fingerprint density at radius 2 is 2.36 bits per heavy atom. The summed E-state index contributed by atoms with van der Waals surface area (Å²) < 4.78 is 1.88. The van der Waals surface area contributed by atoms with Crippen molar-refractivity contribution in [1.29, 1.82) is 0 Å². The zero-order chi connectivity index (χ0) is 10.6. The van der Waals surface area contributed by atoms with Gasteiger partial charge in [-0.3, -0.25) is 4.79 Å². The van der Waals surface area contributed by atoms with E-state index >= 15 is 0 Å². The summed E-state index contributed by atoms with van der Waals surface area (Å²) in [7, 11) is 3.50. The van der Waals surface area contributed by atoms with E-state index in [0.717, 1.165) is 5.69 Å². The summed E-state index contributed by atoms with van der Waals surface area (Å²) in [5.41, 5.74) is 6.27. The molecular formula is C9H16N4O. The Kier molecular flexibility index (Phi) is 3.64. The third-order valence-corrected chi connectivity index (χ3v) is 1.98. The molecule has 1 aromatic heterocycles. The maximum absolute atomic E-state index is 11.3. The molecule has 0 radical (unpaired) electrons. The quantitative estimate of drug-likeness (QED) is 0.726. The number of amides is 1. The molecule has 0 saturated heterocycles. The van der Waals surface area contributed by atoms with Gasteiger partial charge in [0, 0.05) is 39.8 Å². The van der Waals surface area contributed by atoms with Crippen molar-refractivity contribution in [3.05, 3.63) is 18.2 Å². The van der Waals surface area contributed by atoms with E-state index in [2.05, 4.69) is 4.98 Å². The average molecular weight is 196 g/mol. The standard InChI is InChI=1S/C9H16N4O/c1-12(2)9(14)3-4-13-6-8(5-10)11-7-13/h6-7H,3-5,10H2,1-2H3. The van der Waals surface area contributed by atoms with Crippen molar-refractivity contribution in [1.82, 2.24) is 14.5 Å². The SMILES string of the molecule is CN(C)C(=O)CCn1cnc(CN)c1. The lowest BCUT2D eigenvalue weighted by atomic mass is 10.4. The van der Waals surface area contributed by atoms with Crippen molar-refractivity contribution in [3.8, 4) is 0 Å². The van der Waals surface area contributed by atoms with E-state index in [1.807, 2.05) is 10.8 Å². The Hall–Kier alpha value is -1.36. The lowest BCUT2D eigenvalue weighted by Crippen LogP contribution is -2.22. The minimum Gasteiger partial charge on any atom is -0.349 e. The summed E-state index contributed by atoms with van der Waals surface area (Å²) in [6.45, 7) is 1.10. The van der Waals surface area contributed by atoms with E-state index < -0.39 is 0 Å². The van der Waals surface area contributed by atoms with Crippen molar-refractivity contribution < 1.29 is 4.79 Å². The van der Waals surface area contributed by atoms with Gasteiger partial charge in [0.05, 0.1) is 12.0 Å². The van der Waals surface area contributed by atoms with Gasteiger partial charge < -0.3 is 15.2 Å². The van der Waals surface area contributed by atoms with Gasteiger partial charge in [-0.1, -0.05) is 0 Å². The molecule has 1 amide bonds. The van der Waals surface area contributed by atoms with E-state index in [-0.39, 0.29) is 5.91 Å². The van der Waals surface area contributed by atoms with Crippen LogP contribution in [0, 0.1) is 0 Å². The molecule has 14 heavy (non-hydrogen) atoms. The van der Waals surface area contributed by atoms with E-state index in [1.54, 1.807) is 25.3 Å². The van der Waals surface area contributed by atoms with Crippen LogP contribution in [0.15, 0.2) is 12.5 Å². The smallest absolute Gasteiger partial charge is 0.223 e. The van der Waals surface area contributed by atoms with Gasteiger partial charge in [-0.25, -0.2) is 4.98 Å². The summed E-state index contributed by atoms with van der Waals surface area (Å²) in [6, 6.07) is 0. The van der Waals surface area contributed by atoms with Gasteiger partial charge in [-0.15, -0.1) is 0 Å². The third-order valence-electron chi connectivity index (χ3n) is 1.98. The number of imidazole rings is 1. The Morgan fingerprint density at radius 3 is 2.86 bits per heavy atom. The van der Waals surface area contributed by atoms with Crippen molar-refractivity contribution >= 4 is 5.91 Å². The van der Waals surface area contributed by atoms with Crippen LogP contribution < -0.4 is 5.73 Å². The zero-order valence-corrected chi connectivity index (χ0v) is 8.60. The Balaban J connectivity index is 2.41. The molecule has 0 atom stereocenters. The molecular weight excluding hydrogens is 180 g/mol. The number of nitrogens with zero attached hydrogens (tertiary/aromatic N) is 3. The van der Waals surface area contributed by atoms with Crippen LogP contribution in [-0.2, 0) is 17.9 Å². The van der Waals surface area contributed by atoms with Gasteiger partial charge in [0.2, 0.25) is 5.91 Å². The number of aryl methyl sites for hydroxylation is 1. The van der Waals surface area contributed by atoms with E-state index in [0.29, 0.717) is 19.5 Å². The second kappa shape index (κ2) is 4.76. The maximum Gasteiger partial charge on any atom is 0.223 e. The molecule has 0 unspecified atom stereocenters. The fraction of sp³-hybridized carbons (Fsp3) is 0.556. The van der Waals surface area contributed by atoms with Crippen LogP contribution in [0.4, 0.5) is 0 Å². The topological polar surface area (TPSA) is 64.2 Å². The van der Waals surface area contributed by atoms with Gasteiger partial charge in [0.15, 0.2) is 0 Å². The Bertz CT molecular complexity index is 306. The highest BCUT2D eigenvalue weighted by atomic mass is 16.2. The number of hydrogen-bond donors (Lipinski definition) is 1. The van der Waals surface area contributed by atoms with Gasteiger partial charge in [-0.2, -0.15) is 0 Å². The highest BCUT2D eigenvalue weighted by Gasteiger charge is 2.04. The zero-order valence-electron chi connectivity index (χ0n) is 8.60. The first-order chi connectivity index (χ1) is 6.63. The molecule has 0 spiro atoms. The van der Waals surface area contributed by atoms with Crippen LogP contribution in [0.5, 0.6) is 0 Å². The lowest BCUT2D eigenvalue weighted by Gasteiger charge is -2.09.